The molecule has 2 amide bonds. The molecule has 1 atom stereocenters. The number of carbonyl (C=O) groups is 2. The molecule has 0 radical (unpaired) electrons. The molecule has 0 spiro atoms. The Morgan fingerprint density at radius 3 is 2.12 bits per heavy atom. The highest BCUT2D eigenvalue weighted by Crippen LogP contribution is 2.37. The topological polar surface area (TPSA) is 86.8 Å². The SMILES string of the molecule is CCNC(=O)[C@@H](Cc1ccccc1)N(Cc1ccc(Cl)c(Cl)c1)C(=O)CN(c1ccc(Cl)c(C(F)(F)F)c1)S(C)(=O)=O. The van der Waals surface area contributed by atoms with Crippen molar-refractivity contribution >= 4 is 62.3 Å². The summed E-state index contributed by atoms with van der Waals surface area (Å²) in [5.41, 5.74) is -0.487. The molecular formula is C28H27Cl3F3N3O4S. The highest BCUT2D eigenvalue weighted by Gasteiger charge is 2.36. The number of nitrogens with zero attached hydrogens (tertiary/aromatic N) is 2. The third kappa shape index (κ3) is 8.76. The van der Waals surface area contributed by atoms with Gasteiger partial charge in [-0.25, -0.2) is 8.42 Å². The maximum atomic E-state index is 14.0. The Morgan fingerprint density at radius 2 is 1.55 bits per heavy atom. The normalized spacial score (nSPS) is 12.5. The van der Waals surface area contributed by atoms with Gasteiger partial charge in [-0.2, -0.15) is 13.2 Å². The van der Waals surface area contributed by atoms with Crippen molar-refractivity contribution in [2.75, 3.05) is 23.7 Å². The molecule has 3 aromatic carbocycles. The van der Waals surface area contributed by atoms with Crippen LogP contribution in [0.3, 0.4) is 0 Å². The van der Waals surface area contributed by atoms with Gasteiger partial charge in [0, 0.05) is 19.5 Å². The number of anilines is 1. The summed E-state index contributed by atoms with van der Waals surface area (Å²) in [5.74, 6) is -1.35. The van der Waals surface area contributed by atoms with Crippen molar-refractivity contribution in [2.45, 2.75) is 32.1 Å². The molecule has 1 N–H and O–H groups in total. The van der Waals surface area contributed by atoms with E-state index >= 15 is 0 Å². The number of hydrogen-bond acceptors (Lipinski definition) is 4. The number of amides is 2. The summed E-state index contributed by atoms with van der Waals surface area (Å²) < 4.78 is 66.8. The number of halogens is 6. The fourth-order valence-corrected chi connectivity index (χ4v) is 5.57. The highest BCUT2D eigenvalue weighted by atomic mass is 35.5. The smallest absolute Gasteiger partial charge is 0.355 e. The zero-order valence-electron chi connectivity index (χ0n) is 22.5. The molecule has 3 aromatic rings. The molecule has 0 bridgehead atoms. The summed E-state index contributed by atoms with van der Waals surface area (Å²) >= 11 is 18.0. The van der Waals surface area contributed by atoms with Gasteiger partial charge in [-0.3, -0.25) is 13.9 Å². The zero-order valence-corrected chi connectivity index (χ0v) is 25.5. The lowest BCUT2D eigenvalue weighted by Gasteiger charge is -2.33. The molecule has 0 aliphatic carbocycles. The van der Waals surface area contributed by atoms with E-state index in [2.05, 4.69) is 5.32 Å². The molecule has 0 saturated heterocycles. The molecule has 14 heteroatoms. The fraction of sp³-hybridized carbons (Fsp3) is 0.286. The maximum absolute atomic E-state index is 14.0. The summed E-state index contributed by atoms with van der Waals surface area (Å²) in [6.07, 6.45) is -4.05. The Labute approximate surface area is 257 Å². The quantitative estimate of drug-likeness (QED) is 0.264. The van der Waals surface area contributed by atoms with E-state index in [9.17, 15) is 31.2 Å². The number of sulfonamides is 1. The molecule has 0 aliphatic rings. The second-order valence-electron chi connectivity index (χ2n) is 9.30. The minimum atomic E-state index is -4.88. The molecule has 0 heterocycles. The second kappa shape index (κ2) is 14.0. The van der Waals surface area contributed by atoms with Gasteiger partial charge in [0.2, 0.25) is 21.8 Å². The minimum absolute atomic E-state index is 0.0672. The van der Waals surface area contributed by atoms with Crippen molar-refractivity contribution < 1.29 is 31.2 Å². The van der Waals surface area contributed by atoms with Gasteiger partial charge >= 0.3 is 6.18 Å². The van der Waals surface area contributed by atoms with Crippen molar-refractivity contribution in [2.24, 2.45) is 0 Å². The van der Waals surface area contributed by atoms with Crippen molar-refractivity contribution in [3.63, 3.8) is 0 Å². The lowest BCUT2D eigenvalue weighted by molar-refractivity contribution is -0.140. The molecule has 7 nitrogen and oxygen atoms in total. The molecule has 0 saturated carbocycles. The first-order chi connectivity index (χ1) is 19.6. The van der Waals surface area contributed by atoms with E-state index in [0.29, 0.717) is 21.5 Å². The predicted octanol–water partition coefficient (Wildman–Crippen LogP) is 6.21. The molecule has 226 valence electrons. The van der Waals surface area contributed by atoms with E-state index in [-0.39, 0.29) is 29.6 Å². The predicted molar refractivity (Wildman–Crippen MR) is 158 cm³/mol. The van der Waals surface area contributed by atoms with Crippen LogP contribution in [0.25, 0.3) is 0 Å². The summed E-state index contributed by atoms with van der Waals surface area (Å²) in [4.78, 5) is 28.5. The first-order valence-corrected chi connectivity index (χ1v) is 15.5. The molecule has 0 aliphatic heterocycles. The average molecular weight is 665 g/mol. The minimum Gasteiger partial charge on any atom is -0.355 e. The summed E-state index contributed by atoms with van der Waals surface area (Å²) in [7, 11) is -4.29. The first-order valence-electron chi connectivity index (χ1n) is 12.5. The van der Waals surface area contributed by atoms with Crippen molar-refractivity contribution in [3.8, 4) is 0 Å². The maximum Gasteiger partial charge on any atom is 0.417 e. The van der Waals surface area contributed by atoms with Crippen LogP contribution in [0.5, 0.6) is 0 Å². The van der Waals surface area contributed by atoms with Crippen LogP contribution in [0, 0.1) is 0 Å². The number of rotatable bonds is 11. The summed E-state index contributed by atoms with van der Waals surface area (Å²) in [5, 5.41) is 2.52. The highest BCUT2D eigenvalue weighted by molar-refractivity contribution is 7.92. The number of likely N-dealkylation sites (N-methyl/N-ethyl adjacent to an activating group) is 1. The Balaban J connectivity index is 2.10. The van der Waals surface area contributed by atoms with Gasteiger partial charge in [0.25, 0.3) is 0 Å². The van der Waals surface area contributed by atoms with E-state index in [1.807, 2.05) is 0 Å². The van der Waals surface area contributed by atoms with Crippen LogP contribution in [-0.2, 0) is 38.8 Å². The van der Waals surface area contributed by atoms with Gasteiger partial charge < -0.3 is 10.2 Å². The fourth-order valence-electron chi connectivity index (χ4n) is 4.18. The molecular weight excluding hydrogens is 638 g/mol. The average Bonchev–Trinajstić information content (AvgIpc) is 2.91. The third-order valence-electron chi connectivity index (χ3n) is 6.18. The van der Waals surface area contributed by atoms with Crippen LogP contribution in [0.1, 0.15) is 23.6 Å². The first kappa shape index (κ1) is 33.5. The molecule has 0 fully saturated rings. The van der Waals surface area contributed by atoms with Crippen LogP contribution < -0.4 is 9.62 Å². The van der Waals surface area contributed by atoms with Crippen LogP contribution >= 0.6 is 34.8 Å². The molecule has 0 aromatic heterocycles. The standard InChI is InChI=1S/C28H27Cl3F3N3O4S/c1-3-35-27(39)25(14-18-7-5-4-6-8-18)36(16-19-9-11-23(30)24(31)13-19)26(38)17-37(42(2,40)41)20-10-12-22(29)21(15-20)28(32,33)34/h4-13,15,25H,3,14,16-17H2,1-2H3,(H,35,39)/t25-/m1/s1. The number of benzene rings is 3. The third-order valence-corrected chi connectivity index (χ3v) is 8.39. The Hall–Kier alpha value is -2.99. The summed E-state index contributed by atoms with van der Waals surface area (Å²) in [6.45, 7) is 0.867. The number of hydrogen-bond donors (Lipinski definition) is 1. The van der Waals surface area contributed by atoms with E-state index in [1.165, 1.54) is 17.0 Å². The Bertz CT molecular complexity index is 1540. The van der Waals surface area contributed by atoms with Crippen molar-refractivity contribution in [3.05, 3.63) is 98.5 Å². The number of carbonyl (C=O) groups excluding carboxylic acids is 2. The van der Waals surface area contributed by atoms with E-state index < -0.39 is 56.9 Å². The van der Waals surface area contributed by atoms with Gasteiger partial charge in [0.1, 0.15) is 12.6 Å². The zero-order chi connectivity index (χ0) is 31.2. The Kier molecular flexibility index (Phi) is 11.2. The van der Waals surface area contributed by atoms with Gasteiger partial charge in [-0.1, -0.05) is 71.2 Å². The van der Waals surface area contributed by atoms with Crippen molar-refractivity contribution in [1.29, 1.82) is 0 Å². The lowest BCUT2D eigenvalue weighted by Crippen LogP contribution is -2.53. The van der Waals surface area contributed by atoms with Gasteiger partial charge in [-0.15, -0.1) is 0 Å². The number of nitrogens with one attached hydrogen (secondary N) is 1. The summed E-state index contributed by atoms with van der Waals surface area (Å²) in [6, 6.07) is 14.9. The molecule has 3 rings (SSSR count). The van der Waals surface area contributed by atoms with Gasteiger partial charge in [0.05, 0.1) is 32.6 Å². The number of alkyl halides is 3. The van der Waals surface area contributed by atoms with E-state index in [4.69, 9.17) is 34.8 Å². The van der Waals surface area contributed by atoms with E-state index in [1.54, 1.807) is 43.3 Å². The molecule has 0 unspecified atom stereocenters. The second-order valence-corrected chi connectivity index (χ2v) is 12.4. The van der Waals surface area contributed by atoms with Gasteiger partial charge in [-0.05, 0) is 48.4 Å². The monoisotopic (exact) mass is 663 g/mol. The van der Waals surface area contributed by atoms with Crippen LogP contribution in [0.2, 0.25) is 15.1 Å². The van der Waals surface area contributed by atoms with Crippen LogP contribution in [0.4, 0.5) is 18.9 Å². The largest absolute Gasteiger partial charge is 0.417 e. The lowest BCUT2D eigenvalue weighted by atomic mass is 10.0. The Morgan fingerprint density at radius 1 is 0.905 bits per heavy atom. The molecule has 42 heavy (non-hydrogen) atoms. The van der Waals surface area contributed by atoms with Crippen molar-refractivity contribution in [1.82, 2.24) is 10.2 Å². The van der Waals surface area contributed by atoms with Gasteiger partial charge in [0.15, 0.2) is 0 Å². The van der Waals surface area contributed by atoms with Crippen LogP contribution in [-0.4, -0.2) is 50.5 Å². The van der Waals surface area contributed by atoms with Crippen LogP contribution in [0.15, 0.2) is 66.7 Å². The van der Waals surface area contributed by atoms with E-state index in [0.717, 1.165) is 18.4 Å².